The maximum Gasteiger partial charge on any atom is 0.339 e. The lowest BCUT2D eigenvalue weighted by Crippen LogP contribution is -2.00. The van der Waals surface area contributed by atoms with Gasteiger partial charge < -0.3 is 25.6 Å². The van der Waals surface area contributed by atoms with Crippen LogP contribution < -0.4 is 0 Å². The van der Waals surface area contributed by atoms with E-state index in [1.54, 1.807) is 0 Å². The molecule has 0 fully saturated rings. The van der Waals surface area contributed by atoms with Crippen molar-refractivity contribution in [3.8, 4) is 11.5 Å². The number of rotatable bonds is 7. The minimum Gasteiger partial charge on any atom is -0.594 e. The third kappa shape index (κ3) is 5.73. The van der Waals surface area contributed by atoms with Crippen LogP contribution in [0.15, 0.2) is 74.8 Å². The number of hydrogen-bond donors (Lipinski definition) is 5. The summed E-state index contributed by atoms with van der Waals surface area (Å²) in [5.74, 6) is -4.07. The van der Waals surface area contributed by atoms with E-state index in [-0.39, 0.29) is 21.9 Å². The summed E-state index contributed by atoms with van der Waals surface area (Å²) in [6.45, 7) is 0. The number of benzene rings is 3. The van der Waals surface area contributed by atoms with E-state index in [0.717, 1.165) is 42.5 Å². The van der Waals surface area contributed by atoms with Crippen LogP contribution in [0, 0.1) is 5.21 Å². The summed E-state index contributed by atoms with van der Waals surface area (Å²) in [5.41, 5.74) is -1.87. The highest BCUT2D eigenvalue weighted by atomic mass is 32.2. The van der Waals surface area contributed by atoms with Gasteiger partial charge in [-0.3, -0.25) is 4.55 Å². The normalized spacial score (nSPS) is 12.1. The molecule has 0 unspecified atom stereocenters. The molecule has 0 spiro atoms. The predicted molar refractivity (Wildman–Crippen MR) is 116 cm³/mol. The molecule has 0 aliphatic rings. The van der Waals surface area contributed by atoms with Crippen molar-refractivity contribution >= 4 is 44.8 Å². The van der Waals surface area contributed by atoms with Crippen molar-refractivity contribution in [1.82, 2.24) is 0 Å². The quantitative estimate of drug-likeness (QED) is 0.134. The number of carboxylic acids is 2. The molecule has 0 atom stereocenters. The molecule has 0 aromatic heterocycles. The third-order valence-corrected chi connectivity index (χ3v) is 5.23. The first-order valence-electron chi connectivity index (χ1n) is 9.21. The van der Waals surface area contributed by atoms with Gasteiger partial charge in [0.25, 0.3) is 10.1 Å². The summed E-state index contributed by atoms with van der Waals surface area (Å²) < 4.78 is 33.2. The Labute approximate surface area is 195 Å². The van der Waals surface area contributed by atoms with Crippen LogP contribution in [0.2, 0.25) is 0 Å². The molecule has 15 heteroatoms. The van der Waals surface area contributed by atoms with Crippen LogP contribution in [0.25, 0.3) is 0 Å². The highest BCUT2D eigenvalue weighted by Crippen LogP contribution is 2.32. The Morgan fingerprint density at radius 3 is 1.97 bits per heavy atom. The molecule has 0 aliphatic heterocycles. The number of aromatic carboxylic acids is 2. The summed E-state index contributed by atoms with van der Waals surface area (Å²) in [5, 5.41) is 60.6. The molecule has 3 rings (SSSR count). The summed E-state index contributed by atoms with van der Waals surface area (Å²) >= 11 is 0. The van der Waals surface area contributed by atoms with Crippen LogP contribution in [0.4, 0.5) is 22.7 Å². The Hall–Kier alpha value is -4.89. The number of phenols is 2. The van der Waals surface area contributed by atoms with E-state index < -0.39 is 55.3 Å². The Balaban J connectivity index is 1.99. The lowest BCUT2D eigenvalue weighted by atomic mass is 10.2. The summed E-state index contributed by atoms with van der Waals surface area (Å²) in [6.07, 6.45) is 0. The SMILES string of the molecule is O=C(O)c1ccc([N+]([O-])=Nc2ccc(N=Nc3ccc(O)c(C(=O)O)c3)cc2S(=O)(=O)O)cc1O. The molecular formula is C20H14N4O10S. The van der Waals surface area contributed by atoms with Gasteiger partial charge in [0.1, 0.15) is 27.5 Å². The second-order valence-electron chi connectivity index (χ2n) is 6.71. The van der Waals surface area contributed by atoms with Gasteiger partial charge in [-0.15, -0.1) is 0 Å². The molecule has 180 valence electrons. The van der Waals surface area contributed by atoms with Gasteiger partial charge in [-0.05, 0) is 47.3 Å². The van der Waals surface area contributed by atoms with Crippen LogP contribution in [0.5, 0.6) is 11.5 Å². The van der Waals surface area contributed by atoms with Gasteiger partial charge in [-0.2, -0.15) is 18.6 Å². The average molecular weight is 502 g/mol. The number of carboxylic acid groups (broad SMARTS) is 2. The van der Waals surface area contributed by atoms with Crippen LogP contribution in [0.1, 0.15) is 20.7 Å². The van der Waals surface area contributed by atoms with Crippen LogP contribution in [-0.4, -0.2) is 50.2 Å². The zero-order valence-corrected chi connectivity index (χ0v) is 18.0. The van der Waals surface area contributed by atoms with Crippen LogP contribution >= 0.6 is 0 Å². The van der Waals surface area contributed by atoms with Gasteiger partial charge >= 0.3 is 11.9 Å². The first-order valence-corrected chi connectivity index (χ1v) is 10.7. The number of nitrogens with zero attached hydrogens (tertiary/aromatic N) is 4. The van der Waals surface area contributed by atoms with E-state index >= 15 is 0 Å². The van der Waals surface area contributed by atoms with Crippen molar-refractivity contribution in [2.45, 2.75) is 4.90 Å². The lowest BCUT2D eigenvalue weighted by molar-refractivity contribution is -0.435. The molecule has 3 aromatic carbocycles. The Kier molecular flexibility index (Phi) is 6.74. The first kappa shape index (κ1) is 24.7. The van der Waals surface area contributed by atoms with Crippen molar-refractivity contribution in [2.75, 3.05) is 0 Å². The fraction of sp³-hybridized carbons (Fsp3) is 0. The van der Waals surface area contributed by atoms with Crippen LogP contribution in [-0.2, 0) is 10.1 Å². The number of azo groups is 2. The first-order chi connectivity index (χ1) is 16.4. The topological polar surface area (TPSA) is 233 Å². The fourth-order valence-electron chi connectivity index (χ4n) is 2.70. The van der Waals surface area contributed by atoms with Crippen molar-refractivity contribution in [2.24, 2.45) is 15.3 Å². The van der Waals surface area contributed by atoms with Gasteiger partial charge in [0.2, 0.25) is 5.69 Å². The standard InChI is InChI=1S/C20H14N4O10S/c25-16-6-2-10(7-14(16)20(29)30)21-22-11-1-5-15(18(8-11)35(32,33)34)23-24(31)12-3-4-13(19(27)28)17(26)9-12/h1-9,25-26H,(H,27,28)(H,29,30)(H,32,33,34). The predicted octanol–water partition coefficient (Wildman–Crippen LogP) is 4.08. The van der Waals surface area contributed by atoms with Crippen molar-refractivity contribution < 1.29 is 47.8 Å². The van der Waals surface area contributed by atoms with Crippen LogP contribution in [0.3, 0.4) is 0 Å². The van der Waals surface area contributed by atoms with Gasteiger partial charge in [-0.25, -0.2) is 9.59 Å². The minimum absolute atomic E-state index is 0.0118. The van der Waals surface area contributed by atoms with E-state index in [0.29, 0.717) is 0 Å². The molecule has 35 heavy (non-hydrogen) atoms. The number of hydrogen-bond acceptors (Lipinski definition) is 10. The monoisotopic (exact) mass is 502 g/mol. The molecular weight excluding hydrogens is 488 g/mol. The van der Waals surface area contributed by atoms with E-state index in [2.05, 4.69) is 15.3 Å². The second kappa shape index (κ2) is 9.54. The summed E-state index contributed by atoms with van der Waals surface area (Å²) in [7, 11) is -4.92. The van der Waals surface area contributed by atoms with E-state index in [1.165, 1.54) is 12.1 Å². The summed E-state index contributed by atoms with van der Waals surface area (Å²) in [4.78, 5) is 21.1. The van der Waals surface area contributed by atoms with Gasteiger partial charge in [0, 0.05) is 11.2 Å². The lowest BCUT2D eigenvalue weighted by Gasteiger charge is -2.05. The zero-order chi connectivity index (χ0) is 25.9. The molecule has 0 bridgehead atoms. The molecule has 0 heterocycles. The second-order valence-corrected chi connectivity index (χ2v) is 8.10. The number of aromatic hydroxyl groups is 2. The fourth-order valence-corrected chi connectivity index (χ4v) is 3.35. The highest BCUT2D eigenvalue weighted by molar-refractivity contribution is 7.86. The zero-order valence-electron chi connectivity index (χ0n) is 17.2. The van der Waals surface area contributed by atoms with E-state index in [9.17, 15) is 38.0 Å². The maximum atomic E-state index is 12.3. The summed E-state index contributed by atoms with van der Waals surface area (Å²) in [6, 6.07) is 9.18. The van der Waals surface area contributed by atoms with Crippen molar-refractivity contribution in [3.05, 3.63) is 70.9 Å². The minimum atomic E-state index is -4.92. The largest absolute Gasteiger partial charge is 0.594 e. The van der Waals surface area contributed by atoms with Crippen molar-refractivity contribution in [1.29, 1.82) is 0 Å². The molecule has 14 nitrogen and oxygen atoms in total. The molecule has 3 aromatic rings. The Morgan fingerprint density at radius 2 is 1.40 bits per heavy atom. The molecule has 0 aliphatic carbocycles. The molecule has 0 saturated heterocycles. The average Bonchev–Trinajstić information content (AvgIpc) is 2.77. The Morgan fingerprint density at radius 1 is 0.800 bits per heavy atom. The van der Waals surface area contributed by atoms with Gasteiger partial charge in [-0.1, -0.05) is 0 Å². The van der Waals surface area contributed by atoms with Gasteiger partial charge in [0.15, 0.2) is 5.69 Å². The Bertz CT molecular complexity index is 1520. The smallest absolute Gasteiger partial charge is 0.339 e. The molecule has 5 N–H and O–H groups in total. The molecule has 0 radical (unpaired) electrons. The van der Waals surface area contributed by atoms with E-state index in [1.807, 2.05) is 0 Å². The molecule has 0 saturated carbocycles. The number of carbonyl (C=O) groups is 2. The van der Waals surface area contributed by atoms with Gasteiger partial charge in [0.05, 0.1) is 17.4 Å². The third-order valence-electron chi connectivity index (χ3n) is 4.34. The molecule has 0 amide bonds. The maximum absolute atomic E-state index is 12.3. The van der Waals surface area contributed by atoms with E-state index in [4.69, 9.17) is 10.2 Å². The van der Waals surface area contributed by atoms with Crippen molar-refractivity contribution in [3.63, 3.8) is 0 Å². The highest BCUT2D eigenvalue weighted by Gasteiger charge is 2.20.